The van der Waals surface area contributed by atoms with Crippen LogP contribution in [0.3, 0.4) is 0 Å². The van der Waals surface area contributed by atoms with Crippen LogP contribution in [0.5, 0.6) is 0 Å². The van der Waals surface area contributed by atoms with E-state index in [1.165, 1.54) is 10.6 Å². The number of rotatable bonds is 0. The fourth-order valence-electron chi connectivity index (χ4n) is 2.55. The summed E-state index contributed by atoms with van der Waals surface area (Å²) >= 11 is 0. The number of pyridine rings is 1. The number of fused-ring (bicyclic) bond motifs is 3. The third kappa shape index (κ3) is 1.20. The Bertz CT molecular complexity index is 643. The quantitative estimate of drug-likeness (QED) is 0.667. The zero-order chi connectivity index (χ0) is 13.1. The summed E-state index contributed by atoms with van der Waals surface area (Å²) in [6.45, 7) is 3.90. The Morgan fingerprint density at radius 3 is 2.72 bits per heavy atom. The maximum atomic E-state index is 12.1. The molecule has 0 bridgehead atoms. The van der Waals surface area contributed by atoms with Crippen LogP contribution in [-0.4, -0.2) is 22.9 Å². The van der Waals surface area contributed by atoms with Crippen molar-refractivity contribution < 1.29 is 9.59 Å². The minimum Gasteiger partial charge on any atom is -0.352 e. The van der Waals surface area contributed by atoms with Gasteiger partial charge in [0.25, 0.3) is 17.4 Å². The third-order valence-corrected chi connectivity index (χ3v) is 3.57. The second kappa shape index (κ2) is 3.22. The van der Waals surface area contributed by atoms with Gasteiger partial charge in [-0.25, -0.2) is 0 Å². The Hall–Kier alpha value is -2.11. The van der Waals surface area contributed by atoms with E-state index in [9.17, 15) is 14.4 Å². The molecule has 0 aliphatic carbocycles. The van der Waals surface area contributed by atoms with E-state index >= 15 is 0 Å². The molecule has 2 N–H and O–H groups in total. The fraction of sp³-hybridized carbons (Fsp3) is 0.417. The molecule has 1 aromatic heterocycles. The Morgan fingerprint density at radius 2 is 2.00 bits per heavy atom. The molecule has 0 unspecified atom stereocenters. The van der Waals surface area contributed by atoms with Crippen molar-refractivity contribution >= 4 is 17.6 Å². The first-order chi connectivity index (χ1) is 8.43. The van der Waals surface area contributed by atoms with E-state index in [1.54, 1.807) is 13.8 Å². The molecule has 3 heterocycles. The van der Waals surface area contributed by atoms with Gasteiger partial charge in [-0.2, -0.15) is 0 Å². The number of nitrogens with zero attached hydrogens (tertiary/aromatic N) is 1. The molecular weight excluding hydrogens is 234 g/mol. The molecule has 0 saturated carbocycles. The van der Waals surface area contributed by atoms with Crippen molar-refractivity contribution in [2.75, 3.05) is 11.9 Å². The van der Waals surface area contributed by atoms with Crippen LogP contribution in [-0.2, 0) is 16.8 Å². The van der Waals surface area contributed by atoms with E-state index in [0.29, 0.717) is 24.3 Å². The summed E-state index contributed by atoms with van der Waals surface area (Å²) in [5.41, 5.74) is -0.119. The normalized spacial score (nSPS) is 19.9. The van der Waals surface area contributed by atoms with Crippen LogP contribution in [0.1, 0.15) is 29.8 Å². The predicted octanol–water partition coefficient (Wildman–Crippen LogP) is -0.179. The van der Waals surface area contributed by atoms with Crippen molar-refractivity contribution in [3.05, 3.63) is 27.5 Å². The first-order valence-electron chi connectivity index (χ1n) is 5.82. The van der Waals surface area contributed by atoms with Crippen LogP contribution in [0, 0.1) is 0 Å². The summed E-state index contributed by atoms with van der Waals surface area (Å²) in [4.78, 5) is 35.7. The summed E-state index contributed by atoms with van der Waals surface area (Å²) in [5, 5.41) is 5.41. The highest BCUT2D eigenvalue weighted by molar-refractivity contribution is 6.04. The van der Waals surface area contributed by atoms with Crippen molar-refractivity contribution in [3.8, 4) is 0 Å². The van der Waals surface area contributed by atoms with E-state index in [2.05, 4.69) is 10.6 Å². The van der Waals surface area contributed by atoms with Crippen molar-refractivity contribution in [2.45, 2.75) is 25.8 Å². The first-order valence-corrected chi connectivity index (χ1v) is 5.82. The van der Waals surface area contributed by atoms with E-state index in [-0.39, 0.29) is 17.4 Å². The molecule has 0 atom stereocenters. The number of carbonyl (C=O) groups excluding carboxylic acids is 2. The molecule has 3 rings (SSSR count). The van der Waals surface area contributed by atoms with E-state index in [4.69, 9.17) is 0 Å². The molecule has 0 fully saturated rings. The molecule has 1 aromatic rings. The minimum atomic E-state index is -0.907. The lowest BCUT2D eigenvalue weighted by Crippen LogP contribution is -2.40. The average molecular weight is 247 g/mol. The molecule has 18 heavy (non-hydrogen) atoms. The monoisotopic (exact) mass is 247 g/mol. The first kappa shape index (κ1) is 11.0. The lowest BCUT2D eigenvalue weighted by molar-refractivity contribution is -0.121. The lowest BCUT2D eigenvalue weighted by Gasteiger charge is -2.22. The molecule has 2 amide bonds. The Balaban J connectivity index is 2.36. The number of hydrogen-bond acceptors (Lipinski definition) is 3. The van der Waals surface area contributed by atoms with Gasteiger partial charge in [-0.15, -0.1) is 0 Å². The fourth-order valence-corrected chi connectivity index (χ4v) is 2.55. The van der Waals surface area contributed by atoms with Gasteiger partial charge < -0.3 is 10.6 Å². The van der Waals surface area contributed by atoms with Gasteiger partial charge in [0.15, 0.2) is 0 Å². The van der Waals surface area contributed by atoms with Crippen LogP contribution in [0.25, 0.3) is 0 Å². The van der Waals surface area contributed by atoms with Gasteiger partial charge in [0.05, 0.1) is 5.56 Å². The minimum absolute atomic E-state index is 0.223. The standard InChI is InChI=1S/C12H13N3O3/c1-12(2)11(18)14-9-6-3-4-13-10(17)7(6)5-8(16)15(9)12/h5H,3-4H2,1-2H3,(H,13,17)(H,14,18). The highest BCUT2D eigenvalue weighted by atomic mass is 16.2. The Labute approximate surface area is 103 Å². The second-order valence-electron chi connectivity index (χ2n) is 5.08. The molecule has 6 heteroatoms. The van der Waals surface area contributed by atoms with Crippen LogP contribution < -0.4 is 16.2 Å². The SMILES string of the molecule is CC1(C)C(=O)Nc2c3c(cc(=O)n21)C(=O)NCC3. The van der Waals surface area contributed by atoms with E-state index in [1.807, 2.05) is 0 Å². The van der Waals surface area contributed by atoms with Crippen LogP contribution in [0.4, 0.5) is 5.82 Å². The molecule has 2 aliphatic rings. The van der Waals surface area contributed by atoms with Crippen molar-refractivity contribution in [1.82, 2.24) is 9.88 Å². The van der Waals surface area contributed by atoms with Gasteiger partial charge in [0.2, 0.25) is 0 Å². The highest BCUT2D eigenvalue weighted by Crippen LogP contribution is 2.32. The predicted molar refractivity (Wildman–Crippen MR) is 64.7 cm³/mol. The molecule has 6 nitrogen and oxygen atoms in total. The average Bonchev–Trinajstić information content (AvgIpc) is 2.53. The maximum Gasteiger partial charge on any atom is 0.253 e. The molecular formula is C12H13N3O3. The molecule has 94 valence electrons. The number of carbonyl (C=O) groups is 2. The van der Waals surface area contributed by atoms with Crippen LogP contribution >= 0.6 is 0 Å². The number of nitrogens with one attached hydrogen (secondary N) is 2. The third-order valence-electron chi connectivity index (χ3n) is 3.57. The van der Waals surface area contributed by atoms with E-state index in [0.717, 1.165) is 5.56 Å². The van der Waals surface area contributed by atoms with Gasteiger partial charge >= 0.3 is 0 Å². The van der Waals surface area contributed by atoms with Gasteiger partial charge in [-0.3, -0.25) is 19.0 Å². The molecule has 0 aromatic carbocycles. The van der Waals surface area contributed by atoms with Crippen molar-refractivity contribution in [1.29, 1.82) is 0 Å². The number of anilines is 1. The molecule has 0 spiro atoms. The topological polar surface area (TPSA) is 80.2 Å². The maximum absolute atomic E-state index is 12.1. The van der Waals surface area contributed by atoms with Crippen LogP contribution in [0.2, 0.25) is 0 Å². The highest BCUT2D eigenvalue weighted by Gasteiger charge is 2.41. The van der Waals surface area contributed by atoms with Gasteiger partial charge in [-0.1, -0.05) is 0 Å². The summed E-state index contributed by atoms with van der Waals surface area (Å²) in [5.74, 6) is -0.00274. The molecule has 0 saturated heterocycles. The number of aromatic nitrogens is 1. The Kier molecular flexibility index (Phi) is 1.97. The van der Waals surface area contributed by atoms with E-state index < -0.39 is 5.54 Å². The second-order valence-corrected chi connectivity index (χ2v) is 5.08. The largest absolute Gasteiger partial charge is 0.352 e. The summed E-state index contributed by atoms with van der Waals surface area (Å²) in [6.07, 6.45) is 0.618. The summed E-state index contributed by atoms with van der Waals surface area (Å²) in [7, 11) is 0. The van der Waals surface area contributed by atoms with Gasteiger partial charge in [0.1, 0.15) is 11.4 Å². The summed E-state index contributed by atoms with van der Waals surface area (Å²) < 4.78 is 1.44. The van der Waals surface area contributed by atoms with Gasteiger partial charge in [0, 0.05) is 18.2 Å². The van der Waals surface area contributed by atoms with Gasteiger partial charge in [-0.05, 0) is 20.3 Å². The zero-order valence-electron chi connectivity index (χ0n) is 10.2. The molecule has 0 radical (unpaired) electrons. The van der Waals surface area contributed by atoms with Crippen LogP contribution in [0.15, 0.2) is 10.9 Å². The lowest BCUT2D eigenvalue weighted by atomic mass is 10.0. The summed E-state index contributed by atoms with van der Waals surface area (Å²) in [6, 6.07) is 1.31. The Morgan fingerprint density at radius 1 is 1.28 bits per heavy atom. The number of hydrogen-bond donors (Lipinski definition) is 2. The van der Waals surface area contributed by atoms with Crippen molar-refractivity contribution in [3.63, 3.8) is 0 Å². The number of amides is 2. The van der Waals surface area contributed by atoms with Crippen molar-refractivity contribution in [2.24, 2.45) is 0 Å². The smallest absolute Gasteiger partial charge is 0.253 e. The zero-order valence-corrected chi connectivity index (χ0v) is 10.2. The molecule has 2 aliphatic heterocycles.